The van der Waals surface area contributed by atoms with Gasteiger partial charge in [0.05, 0.1) is 11.9 Å². The summed E-state index contributed by atoms with van der Waals surface area (Å²) >= 11 is 0. The molecule has 3 rings (SSSR count). The summed E-state index contributed by atoms with van der Waals surface area (Å²) in [5.74, 6) is 0.473. The lowest BCUT2D eigenvalue weighted by atomic mass is 9.87. The summed E-state index contributed by atoms with van der Waals surface area (Å²) in [5.41, 5.74) is 13.6. The highest BCUT2D eigenvalue weighted by Gasteiger charge is 2.42. The minimum Gasteiger partial charge on any atom is -0.369 e. The molecule has 8 nitrogen and oxygen atoms in total. The van der Waals surface area contributed by atoms with Gasteiger partial charge in [-0.25, -0.2) is 13.4 Å². The molecule has 1 aromatic carbocycles. The lowest BCUT2D eigenvalue weighted by Crippen LogP contribution is -2.58. The van der Waals surface area contributed by atoms with Crippen LogP contribution in [0.3, 0.4) is 0 Å². The van der Waals surface area contributed by atoms with E-state index in [0.29, 0.717) is 5.69 Å². The van der Waals surface area contributed by atoms with Gasteiger partial charge in [-0.2, -0.15) is 4.99 Å². The number of nitrogens with zero attached hydrogens (tertiary/aromatic N) is 3. The highest BCUT2D eigenvalue weighted by Crippen LogP contribution is 2.40. The molecule has 0 unspecified atom stereocenters. The van der Waals surface area contributed by atoms with Crippen LogP contribution in [0, 0.1) is 6.92 Å². The summed E-state index contributed by atoms with van der Waals surface area (Å²) in [6, 6.07) is 5.53. The standard InChI is InChI=1S/C16H24N6O2S/c1-11-6-7-12(10-13(11)21-25(2,23)24)22-15(18)19-14(17)20-16(22)8-4-3-5-9-16/h6-7,10,21H,3-5,8-9H2,1-2H3,(H4,17,18,19,20). The van der Waals surface area contributed by atoms with E-state index in [1.165, 1.54) is 0 Å². The zero-order valence-corrected chi connectivity index (χ0v) is 15.3. The fraction of sp³-hybridized carbons (Fsp3) is 0.500. The zero-order valence-electron chi connectivity index (χ0n) is 14.5. The maximum Gasteiger partial charge on any atom is 0.229 e. The van der Waals surface area contributed by atoms with E-state index in [1.54, 1.807) is 6.07 Å². The van der Waals surface area contributed by atoms with Crippen molar-refractivity contribution in [1.82, 2.24) is 0 Å². The Morgan fingerprint density at radius 3 is 2.52 bits per heavy atom. The number of guanidine groups is 2. The Hall–Kier alpha value is -2.29. The number of hydrogen-bond acceptors (Lipinski definition) is 7. The summed E-state index contributed by atoms with van der Waals surface area (Å²) in [7, 11) is -3.38. The Morgan fingerprint density at radius 2 is 1.88 bits per heavy atom. The van der Waals surface area contributed by atoms with E-state index in [0.717, 1.165) is 49.6 Å². The lowest BCUT2D eigenvalue weighted by Gasteiger charge is -2.45. The summed E-state index contributed by atoms with van der Waals surface area (Å²) in [6.45, 7) is 1.84. The number of benzene rings is 1. The van der Waals surface area contributed by atoms with E-state index in [2.05, 4.69) is 14.7 Å². The van der Waals surface area contributed by atoms with E-state index in [4.69, 9.17) is 11.5 Å². The monoisotopic (exact) mass is 364 g/mol. The number of aliphatic imine (C=N–C) groups is 2. The van der Waals surface area contributed by atoms with E-state index >= 15 is 0 Å². The molecule has 0 amide bonds. The molecular weight excluding hydrogens is 340 g/mol. The van der Waals surface area contributed by atoms with E-state index < -0.39 is 15.7 Å². The summed E-state index contributed by atoms with van der Waals surface area (Å²) in [4.78, 5) is 10.6. The largest absolute Gasteiger partial charge is 0.369 e. The molecule has 136 valence electrons. The number of nitrogens with one attached hydrogen (secondary N) is 1. The van der Waals surface area contributed by atoms with Crippen LogP contribution in [0.25, 0.3) is 0 Å². The number of rotatable bonds is 3. The van der Waals surface area contributed by atoms with Crippen molar-refractivity contribution in [2.24, 2.45) is 21.5 Å². The highest BCUT2D eigenvalue weighted by atomic mass is 32.2. The molecule has 0 saturated heterocycles. The third kappa shape index (κ3) is 3.55. The molecule has 9 heteroatoms. The van der Waals surface area contributed by atoms with Crippen LogP contribution in [0.4, 0.5) is 11.4 Å². The van der Waals surface area contributed by atoms with E-state index in [-0.39, 0.29) is 11.9 Å². The normalized spacial score (nSPS) is 20.2. The van der Waals surface area contributed by atoms with Crippen molar-refractivity contribution in [3.63, 3.8) is 0 Å². The topological polar surface area (TPSA) is 126 Å². The zero-order chi connectivity index (χ0) is 18.2. The van der Waals surface area contributed by atoms with Crippen molar-refractivity contribution in [1.29, 1.82) is 0 Å². The van der Waals surface area contributed by atoms with Gasteiger partial charge in [-0.15, -0.1) is 0 Å². The predicted octanol–water partition coefficient (Wildman–Crippen LogP) is 1.48. The fourth-order valence-corrected chi connectivity index (χ4v) is 4.17. The smallest absolute Gasteiger partial charge is 0.229 e. The first-order valence-electron chi connectivity index (χ1n) is 8.28. The Morgan fingerprint density at radius 1 is 1.20 bits per heavy atom. The van der Waals surface area contributed by atoms with Gasteiger partial charge >= 0.3 is 0 Å². The molecular formula is C16H24N6O2S. The molecule has 25 heavy (non-hydrogen) atoms. The molecule has 0 bridgehead atoms. The SMILES string of the molecule is Cc1ccc(N2C(N)=NC(N)=NC23CCCCC3)cc1NS(C)(=O)=O. The summed E-state index contributed by atoms with van der Waals surface area (Å²) < 4.78 is 25.8. The Labute approximate surface area is 148 Å². The molecule has 2 aliphatic rings. The average Bonchev–Trinajstić information content (AvgIpc) is 2.49. The van der Waals surface area contributed by atoms with Crippen molar-refractivity contribution in [3.05, 3.63) is 23.8 Å². The minimum atomic E-state index is -3.38. The van der Waals surface area contributed by atoms with Crippen LogP contribution in [0.2, 0.25) is 0 Å². The Bertz CT molecular complexity index is 840. The number of hydrogen-bond donors (Lipinski definition) is 3. The fourth-order valence-electron chi connectivity index (χ4n) is 3.55. The van der Waals surface area contributed by atoms with E-state index in [9.17, 15) is 8.42 Å². The molecule has 1 heterocycles. The molecule has 1 aromatic rings. The van der Waals surface area contributed by atoms with Gasteiger partial charge in [0.2, 0.25) is 21.9 Å². The molecule has 1 saturated carbocycles. The summed E-state index contributed by atoms with van der Waals surface area (Å²) in [5, 5.41) is 0. The van der Waals surface area contributed by atoms with Crippen LogP contribution < -0.4 is 21.1 Å². The van der Waals surface area contributed by atoms with Gasteiger partial charge in [-0.1, -0.05) is 12.5 Å². The van der Waals surface area contributed by atoms with E-state index in [1.807, 2.05) is 24.0 Å². The van der Waals surface area contributed by atoms with Crippen LogP contribution in [-0.2, 0) is 10.0 Å². The van der Waals surface area contributed by atoms with Crippen molar-refractivity contribution < 1.29 is 8.42 Å². The van der Waals surface area contributed by atoms with Gasteiger partial charge in [0.25, 0.3) is 0 Å². The Kier molecular flexibility index (Phi) is 4.36. The molecule has 1 aliphatic heterocycles. The van der Waals surface area contributed by atoms with Crippen LogP contribution in [0.15, 0.2) is 28.2 Å². The second-order valence-corrected chi connectivity index (χ2v) is 8.44. The molecule has 1 spiro atoms. The number of anilines is 2. The van der Waals surface area contributed by atoms with Crippen molar-refractivity contribution in [2.75, 3.05) is 15.9 Å². The van der Waals surface area contributed by atoms with Crippen molar-refractivity contribution >= 4 is 33.3 Å². The van der Waals surface area contributed by atoms with Gasteiger partial charge in [0.15, 0.2) is 0 Å². The lowest BCUT2D eigenvalue weighted by molar-refractivity contribution is 0.305. The molecule has 0 atom stereocenters. The second kappa shape index (κ2) is 6.21. The number of nitrogens with two attached hydrogens (primary N) is 2. The predicted molar refractivity (Wildman–Crippen MR) is 101 cm³/mol. The van der Waals surface area contributed by atoms with Crippen LogP contribution in [0.5, 0.6) is 0 Å². The van der Waals surface area contributed by atoms with Gasteiger partial charge in [-0.05, 0) is 50.3 Å². The highest BCUT2D eigenvalue weighted by molar-refractivity contribution is 7.92. The number of sulfonamides is 1. The quantitative estimate of drug-likeness (QED) is 0.749. The summed E-state index contributed by atoms with van der Waals surface area (Å²) in [6.07, 6.45) is 5.99. The van der Waals surface area contributed by atoms with Crippen LogP contribution in [-0.4, -0.2) is 32.3 Å². The second-order valence-electron chi connectivity index (χ2n) is 6.69. The van der Waals surface area contributed by atoms with Crippen molar-refractivity contribution in [2.45, 2.75) is 44.7 Å². The maximum atomic E-state index is 11.6. The first-order chi connectivity index (χ1) is 11.7. The first-order valence-corrected chi connectivity index (χ1v) is 10.2. The average molecular weight is 364 g/mol. The third-order valence-electron chi connectivity index (χ3n) is 4.63. The Balaban J connectivity index is 2.07. The van der Waals surface area contributed by atoms with Crippen LogP contribution in [0.1, 0.15) is 37.7 Å². The first kappa shape index (κ1) is 17.5. The molecule has 5 N–H and O–H groups in total. The van der Waals surface area contributed by atoms with Gasteiger partial charge in [-0.3, -0.25) is 9.62 Å². The third-order valence-corrected chi connectivity index (χ3v) is 5.22. The molecule has 0 aromatic heterocycles. The van der Waals surface area contributed by atoms with Crippen LogP contribution >= 0.6 is 0 Å². The van der Waals surface area contributed by atoms with Crippen molar-refractivity contribution in [3.8, 4) is 0 Å². The van der Waals surface area contributed by atoms with Gasteiger partial charge in [0, 0.05) is 5.69 Å². The molecule has 1 aliphatic carbocycles. The maximum absolute atomic E-state index is 11.6. The molecule has 1 fully saturated rings. The molecule has 0 radical (unpaired) electrons. The van der Waals surface area contributed by atoms with Gasteiger partial charge < -0.3 is 11.5 Å². The van der Waals surface area contributed by atoms with Gasteiger partial charge in [0.1, 0.15) is 5.66 Å². The number of aryl methyl sites for hydroxylation is 1. The minimum absolute atomic E-state index is 0.192.